The zero-order valence-corrected chi connectivity index (χ0v) is 15.4. The minimum absolute atomic E-state index is 0.0453. The van der Waals surface area contributed by atoms with Crippen LogP contribution in [0.1, 0.15) is 0 Å². The van der Waals surface area contributed by atoms with E-state index in [4.69, 9.17) is 0 Å². The van der Waals surface area contributed by atoms with Crippen LogP contribution in [0.5, 0.6) is 5.75 Å². The van der Waals surface area contributed by atoms with Crippen LogP contribution in [0.25, 0.3) is 33.9 Å². The minimum Gasteiger partial charge on any atom is -0.507 e. The number of nitrogens with one attached hydrogen (secondary N) is 1. The number of hydrogen-bond donors (Lipinski definition) is 2. The van der Waals surface area contributed by atoms with Gasteiger partial charge in [0, 0.05) is 35.4 Å². The molecule has 0 amide bonds. The van der Waals surface area contributed by atoms with Gasteiger partial charge in [-0.25, -0.2) is 4.98 Å². The normalized spacial score (nSPS) is 10.7. The van der Waals surface area contributed by atoms with Crippen molar-refractivity contribution in [2.24, 2.45) is 0 Å². The number of hydrogen-bond acceptors (Lipinski definition) is 6. The van der Waals surface area contributed by atoms with Gasteiger partial charge in [-0.15, -0.1) is 0 Å². The van der Waals surface area contributed by atoms with E-state index < -0.39 is 9.85 Å². The highest BCUT2D eigenvalue weighted by Gasteiger charge is 2.20. The van der Waals surface area contributed by atoms with Gasteiger partial charge in [-0.05, 0) is 18.2 Å². The van der Waals surface area contributed by atoms with E-state index in [1.165, 1.54) is 30.3 Å². The average Bonchev–Trinajstić information content (AvgIpc) is 3.20. The van der Waals surface area contributed by atoms with Crippen molar-refractivity contribution in [3.63, 3.8) is 0 Å². The van der Waals surface area contributed by atoms with Crippen molar-refractivity contribution in [3.8, 4) is 39.7 Å². The maximum Gasteiger partial charge on any atom is 0.270 e. The first kappa shape index (κ1) is 18.8. The van der Waals surface area contributed by atoms with Crippen molar-refractivity contribution in [3.05, 3.63) is 93.0 Å². The summed E-state index contributed by atoms with van der Waals surface area (Å²) in [4.78, 5) is 28.7. The molecule has 0 aliphatic carbocycles. The molecule has 0 atom stereocenters. The summed E-state index contributed by atoms with van der Waals surface area (Å²) < 4.78 is 0. The Morgan fingerprint density at radius 3 is 2.07 bits per heavy atom. The van der Waals surface area contributed by atoms with Crippen LogP contribution < -0.4 is 0 Å². The van der Waals surface area contributed by atoms with Gasteiger partial charge in [0.25, 0.3) is 11.4 Å². The summed E-state index contributed by atoms with van der Waals surface area (Å²) in [5, 5.41) is 32.3. The molecule has 30 heavy (non-hydrogen) atoms. The van der Waals surface area contributed by atoms with Crippen LogP contribution in [0, 0.1) is 20.2 Å². The van der Waals surface area contributed by atoms with E-state index in [2.05, 4.69) is 9.97 Å². The molecule has 0 fully saturated rings. The molecule has 9 heteroatoms. The number of aromatic hydroxyl groups is 1. The molecule has 0 unspecified atom stereocenters. The fourth-order valence-corrected chi connectivity index (χ4v) is 3.09. The Labute approximate surface area is 169 Å². The molecule has 0 bridgehead atoms. The Bertz CT molecular complexity index is 1250. The van der Waals surface area contributed by atoms with E-state index in [-0.39, 0.29) is 28.5 Å². The van der Waals surface area contributed by atoms with Gasteiger partial charge in [-0.2, -0.15) is 0 Å². The largest absolute Gasteiger partial charge is 0.507 e. The highest BCUT2D eigenvalue weighted by molar-refractivity contribution is 5.82. The summed E-state index contributed by atoms with van der Waals surface area (Å²) in [5.74, 6) is 0.0765. The zero-order valence-electron chi connectivity index (χ0n) is 15.4. The van der Waals surface area contributed by atoms with Crippen molar-refractivity contribution in [1.29, 1.82) is 0 Å². The van der Waals surface area contributed by atoms with Gasteiger partial charge in [0.1, 0.15) is 11.6 Å². The summed E-state index contributed by atoms with van der Waals surface area (Å²) >= 11 is 0. The van der Waals surface area contributed by atoms with Gasteiger partial charge in [-0.1, -0.05) is 30.3 Å². The summed E-state index contributed by atoms with van der Waals surface area (Å²) in [6, 6.07) is 18.9. The second kappa shape index (κ2) is 7.47. The Balaban J connectivity index is 1.90. The van der Waals surface area contributed by atoms with E-state index in [0.717, 1.165) is 5.56 Å². The molecular weight excluding hydrogens is 388 g/mol. The number of nitro groups is 2. The van der Waals surface area contributed by atoms with E-state index in [0.29, 0.717) is 17.0 Å². The first-order valence-corrected chi connectivity index (χ1v) is 8.82. The summed E-state index contributed by atoms with van der Waals surface area (Å²) in [5.41, 5.74) is 2.48. The number of non-ortho nitro benzene ring substituents is 2. The standard InChI is InChI=1S/C21H14N4O5/c26-18-11-10-16(25(29)30)12-17(18)21-22-19(13-4-2-1-3-5-13)20(23-21)14-6-8-15(9-7-14)24(27)28/h1-12,26H,(H,22,23). The lowest BCUT2D eigenvalue weighted by Crippen LogP contribution is -1.90. The molecule has 0 radical (unpaired) electrons. The highest BCUT2D eigenvalue weighted by atomic mass is 16.6. The van der Waals surface area contributed by atoms with Crippen LogP contribution in [-0.4, -0.2) is 24.9 Å². The molecule has 0 spiro atoms. The molecule has 1 heterocycles. The molecule has 2 N–H and O–H groups in total. The number of aromatic nitrogens is 2. The van der Waals surface area contributed by atoms with Crippen LogP contribution in [0.4, 0.5) is 11.4 Å². The topological polar surface area (TPSA) is 135 Å². The molecule has 4 aromatic rings. The number of H-pyrrole nitrogens is 1. The van der Waals surface area contributed by atoms with Crippen molar-refractivity contribution in [2.45, 2.75) is 0 Å². The Kier molecular flexibility index (Phi) is 4.69. The summed E-state index contributed by atoms with van der Waals surface area (Å²) in [6.07, 6.45) is 0. The first-order chi connectivity index (χ1) is 14.4. The minimum atomic E-state index is -0.554. The fraction of sp³-hybridized carbons (Fsp3) is 0. The monoisotopic (exact) mass is 402 g/mol. The van der Waals surface area contributed by atoms with Crippen LogP contribution in [0.2, 0.25) is 0 Å². The number of imidazole rings is 1. The lowest BCUT2D eigenvalue weighted by atomic mass is 10.0. The average molecular weight is 402 g/mol. The zero-order chi connectivity index (χ0) is 21.3. The molecule has 9 nitrogen and oxygen atoms in total. The molecule has 0 aliphatic heterocycles. The van der Waals surface area contributed by atoms with Gasteiger partial charge in [0.15, 0.2) is 0 Å². The third kappa shape index (κ3) is 3.47. The number of rotatable bonds is 5. The van der Waals surface area contributed by atoms with Gasteiger partial charge >= 0.3 is 0 Å². The fourth-order valence-electron chi connectivity index (χ4n) is 3.09. The molecule has 0 aliphatic rings. The number of benzene rings is 3. The van der Waals surface area contributed by atoms with Crippen molar-refractivity contribution in [2.75, 3.05) is 0 Å². The molecule has 148 valence electrons. The Morgan fingerprint density at radius 1 is 0.800 bits per heavy atom. The van der Waals surface area contributed by atoms with Gasteiger partial charge < -0.3 is 10.1 Å². The maximum absolute atomic E-state index is 11.1. The van der Waals surface area contributed by atoms with E-state index in [9.17, 15) is 25.3 Å². The Hall–Kier alpha value is -4.53. The van der Waals surface area contributed by atoms with E-state index in [1.807, 2.05) is 30.3 Å². The molecule has 3 aromatic carbocycles. The number of phenols is 1. The third-order valence-electron chi connectivity index (χ3n) is 4.56. The van der Waals surface area contributed by atoms with E-state index in [1.54, 1.807) is 12.1 Å². The molecule has 0 saturated carbocycles. The van der Waals surface area contributed by atoms with Gasteiger partial charge in [0.05, 0.1) is 26.8 Å². The first-order valence-electron chi connectivity index (χ1n) is 8.82. The second-order valence-electron chi connectivity index (χ2n) is 6.44. The number of aromatic amines is 1. The SMILES string of the molecule is O=[N+]([O-])c1ccc(-c2[nH]c(-c3cc([N+](=O)[O-])ccc3O)nc2-c2ccccc2)cc1. The summed E-state index contributed by atoms with van der Waals surface area (Å²) in [7, 11) is 0. The number of nitrogens with zero attached hydrogens (tertiary/aromatic N) is 3. The second-order valence-corrected chi connectivity index (χ2v) is 6.44. The quantitative estimate of drug-likeness (QED) is 0.359. The van der Waals surface area contributed by atoms with Crippen LogP contribution >= 0.6 is 0 Å². The predicted octanol–water partition coefficient (Wildman–Crippen LogP) is 4.93. The van der Waals surface area contributed by atoms with Crippen LogP contribution in [0.15, 0.2) is 72.8 Å². The third-order valence-corrected chi connectivity index (χ3v) is 4.56. The number of nitro benzene ring substituents is 2. The lowest BCUT2D eigenvalue weighted by Gasteiger charge is -2.03. The van der Waals surface area contributed by atoms with Crippen LogP contribution in [0.3, 0.4) is 0 Å². The highest BCUT2D eigenvalue weighted by Crippen LogP contribution is 2.37. The Morgan fingerprint density at radius 2 is 1.43 bits per heavy atom. The smallest absolute Gasteiger partial charge is 0.270 e. The number of phenolic OH excluding ortho intramolecular Hbond substituents is 1. The maximum atomic E-state index is 11.1. The van der Waals surface area contributed by atoms with Gasteiger partial charge in [-0.3, -0.25) is 20.2 Å². The molecule has 0 saturated heterocycles. The molecule has 1 aromatic heterocycles. The van der Waals surface area contributed by atoms with Crippen molar-refractivity contribution < 1.29 is 15.0 Å². The predicted molar refractivity (Wildman–Crippen MR) is 110 cm³/mol. The molecule has 4 rings (SSSR count). The van der Waals surface area contributed by atoms with Crippen molar-refractivity contribution >= 4 is 11.4 Å². The summed E-state index contributed by atoms with van der Waals surface area (Å²) in [6.45, 7) is 0. The van der Waals surface area contributed by atoms with Crippen molar-refractivity contribution in [1.82, 2.24) is 9.97 Å². The lowest BCUT2D eigenvalue weighted by molar-refractivity contribution is -0.385. The van der Waals surface area contributed by atoms with E-state index >= 15 is 0 Å². The van der Waals surface area contributed by atoms with Gasteiger partial charge in [0.2, 0.25) is 0 Å². The van der Waals surface area contributed by atoms with Crippen LogP contribution in [-0.2, 0) is 0 Å². The molecular formula is C21H14N4O5.